The topological polar surface area (TPSA) is 49.6 Å². The smallest absolute Gasteiger partial charge is 0.250 e. The average molecular weight is 488 g/mol. The second-order valence-electron chi connectivity index (χ2n) is 7.76. The molecule has 1 aromatic heterocycles. The number of rotatable bonds is 8. The van der Waals surface area contributed by atoms with E-state index in [9.17, 15) is 4.79 Å². The van der Waals surface area contributed by atoms with Crippen LogP contribution in [0, 0.1) is 5.41 Å². The Kier molecular flexibility index (Phi) is 11.0. The van der Waals surface area contributed by atoms with Crippen LogP contribution in [0.2, 0.25) is 0 Å². The third kappa shape index (κ3) is 7.84. The Hall–Kier alpha value is -1.05. The number of aryl methyl sites for hydroxylation is 1. The van der Waals surface area contributed by atoms with Crippen LogP contribution >= 0.6 is 24.0 Å². The second kappa shape index (κ2) is 12.4. The molecule has 0 radical (unpaired) electrons. The Labute approximate surface area is 181 Å². The third-order valence-corrected chi connectivity index (χ3v) is 5.24. The minimum Gasteiger partial charge on any atom is -0.357 e. The molecule has 0 saturated carbocycles. The molecule has 0 aliphatic carbocycles. The average Bonchev–Trinajstić information content (AvgIpc) is 2.62. The number of nitrogens with zero attached hydrogens (tertiary/aromatic N) is 3. The lowest BCUT2D eigenvalue weighted by Gasteiger charge is -2.42. The van der Waals surface area contributed by atoms with Crippen molar-refractivity contribution in [3.63, 3.8) is 0 Å². The van der Waals surface area contributed by atoms with Crippen molar-refractivity contribution in [2.24, 2.45) is 10.4 Å². The summed E-state index contributed by atoms with van der Waals surface area (Å²) in [6, 6.07) is 5.31. The Morgan fingerprint density at radius 1 is 1.30 bits per heavy atom. The van der Waals surface area contributed by atoms with Crippen LogP contribution in [0.4, 0.5) is 0 Å². The van der Waals surface area contributed by atoms with Gasteiger partial charge in [-0.1, -0.05) is 26.3 Å². The maximum atomic E-state index is 11.7. The van der Waals surface area contributed by atoms with Gasteiger partial charge < -0.3 is 14.8 Å². The van der Waals surface area contributed by atoms with Crippen molar-refractivity contribution in [3.05, 3.63) is 34.7 Å². The molecule has 1 saturated heterocycles. The molecule has 6 heteroatoms. The molecule has 154 valence electrons. The first-order chi connectivity index (χ1) is 12.6. The molecule has 1 fully saturated rings. The normalized spacial score (nSPS) is 20.3. The van der Waals surface area contributed by atoms with Gasteiger partial charge in [0, 0.05) is 45.0 Å². The van der Waals surface area contributed by atoms with Crippen LogP contribution in [0.3, 0.4) is 0 Å². The molecule has 0 aromatic carbocycles. The number of pyridine rings is 1. The highest BCUT2D eigenvalue weighted by atomic mass is 127. The largest absolute Gasteiger partial charge is 0.357 e. The summed E-state index contributed by atoms with van der Waals surface area (Å²) in [6.45, 7) is 11.5. The number of guanidine groups is 1. The van der Waals surface area contributed by atoms with Gasteiger partial charge in [-0.15, -0.1) is 24.0 Å². The van der Waals surface area contributed by atoms with Crippen molar-refractivity contribution < 1.29 is 0 Å². The SMILES string of the molecule is CCCC1(C)CCCN(C(=NCCCCn2ccccc2=O)NCC)C1.I. The summed E-state index contributed by atoms with van der Waals surface area (Å²) in [6.07, 6.45) is 8.93. The van der Waals surface area contributed by atoms with E-state index in [1.165, 1.54) is 25.7 Å². The molecule has 0 amide bonds. The zero-order valence-corrected chi connectivity index (χ0v) is 19.6. The molecule has 5 nitrogen and oxygen atoms in total. The number of unbranched alkanes of at least 4 members (excludes halogenated alkanes) is 1. The van der Waals surface area contributed by atoms with Crippen LogP contribution < -0.4 is 10.9 Å². The number of hydrogen-bond acceptors (Lipinski definition) is 2. The highest BCUT2D eigenvalue weighted by molar-refractivity contribution is 14.0. The minimum atomic E-state index is 0. The summed E-state index contributed by atoms with van der Waals surface area (Å²) >= 11 is 0. The van der Waals surface area contributed by atoms with Crippen LogP contribution in [0.15, 0.2) is 34.2 Å². The highest BCUT2D eigenvalue weighted by Crippen LogP contribution is 2.33. The van der Waals surface area contributed by atoms with Gasteiger partial charge in [-0.3, -0.25) is 9.79 Å². The quantitative estimate of drug-likeness (QED) is 0.259. The number of piperidine rings is 1. The van der Waals surface area contributed by atoms with Gasteiger partial charge in [-0.2, -0.15) is 0 Å². The van der Waals surface area contributed by atoms with Gasteiger partial charge in [-0.25, -0.2) is 0 Å². The molecule has 1 atom stereocenters. The van der Waals surface area contributed by atoms with E-state index in [1.807, 2.05) is 12.3 Å². The number of halogens is 1. The van der Waals surface area contributed by atoms with Gasteiger partial charge in [0.15, 0.2) is 5.96 Å². The molecule has 2 rings (SSSR count). The van der Waals surface area contributed by atoms with Crippen molar-refractivity contribution in [1.82, 2.24) is 14.8 Å². The Bertz CT molecular complexity index is 627. The second-order valence-corrected chi connectivity index (χ2v) is 7.76. The highest BCUT2D eigenvalue weighted by Gasteiger charge is 2.31. The predicted molar refractivity (Wildman–Crippen MR) is 125 cm³/mol. The molecule has 1 unspecified atom stereocenters. The van der Waals surface area contributed by atoms with E-state index in [0.717, 1.165) is 51.5 Å². The fraction of sp³-hybridized carbons (Fsp3) is 0.714. The van der Waals surface area contributed by atoms with E-state index in [4.69, 9.17) is 4.99 Å². The number of aliphatic imine (C=N–C) groups is 1. The van der Waals surface area contributed by atoms with E-state index in [0.29, 0.717) is 5.41 Å². The maximum Gasteiger partial charge on any atom is 0.250 e. The molecule has 0 spiro atoms. The van der Waals surface area contributed by atoms with Crippen LogP contribution in [0.1, 0.15) is 59.3 Å². The van der Waals surface area contributed by atoms with E-state index in [-0.39, 0.29) is 29.5 Å². The van der Waals surface area contributed by atoms with Gasteiger partial charge in [0.1, 0.15) is 0 Å². The van der Waals surface area contributed by atoms with Crippen LogP contribution in [-0.4, -0.2) is 41.6 Å². The summed E-state index contributed by atoms with van der Waals surface area (Å²) in [5.74, 6) is 1.06. The first-order valence-electron chi connectivity index (χ1n) is 10.3. The van der Waals surface area contributed by atoms with E-state index < -0.39 is 0 Å². The summed E-state index contributed by atoms with van der Waals surface area (Å²) < 4.78 is 1.77. The summed E-state index contributed by atoms with van der Waals surface area (Å²) in [5.41, 5.74) is 0.491. The number of nitrogens with one attached hydrogen (secondary N) is 1. The Balaban J connectivity index is 0.00000364. The summed E-state index contributed by atoms with van der Waals surface area (Å²) in [5, 5.41) is 3.47. The van der Waals surface area contributed by atoms with Gasteiger partial charge in [0.25, 0.3) is 0 Å². The molecule has 2 heterocycles. The number of hydrogen-bond donors (Lipinski definition) is 1. The van der Waals surface area contributed by atoms with Crippen molar-refractivity contribution in [2.45, 2.75) is 65.8 Å². The molecule has 1 aromatic rings. The Morgan fingerprint density at radius 2 is 2.11 bits per heavy atom. The van der Waals surface area contributed by atoms with Gasteiger partial charge in [0.05, 0.1) is 0 Å². The molecule has 1 aliphatic rings. The van der Waals surface area contributed by atoms with Crippen LogP contribution in [0.5, 0.6) is 0 Å². The summed E-state index contributed by atoms with van der Waals surface area (Å²) in [4.78, 5) is 19.0. The standard InChI is InChI=1S/C21H36N4O.HI/c1-4-12-21(3)13-10-17-25(18-21)20(22-5-2)23-14-7-9-16-24-15-8-6-11-19(24)26;/h6,8,11,15H,4-5,7,9-10,12-14,16-18H2,1-3H3,(H,22,23);1H. The van der Waals surface area contributed by atoms with Crippen molar-refractivity contribution in [2.75, 3.05) is 26.2 Å². The van der Waals surface area contributed by atoms with E-state index in [2.05, 4.69) is 31.0 Å². The lowest BCUT2D eigenvalue weighted by molar-refractivity contribution is 0.142. The predicted octanol–water partition coefficient (Wildman–Crippen LogP) is 4.11. The zero-order valence-electron chi connectivity index (χ0n) is 17.2. The lowest BCUT2D eigenvalue weighted by atomic mass is 9.78. The molecular weight excluding hydrogens is 451 g/mol. The van der Waals surface area contributed by atoms with Crippen molar-refractivity contribution >= 4 is 29.9 Å². The van der Waals surface area contributed by atoms with Crippen LogP contribution in [0.25, 0.3) is 0 Å². The minimum absolute atomic E-state index is 0. The molecule has 27 heavy (non-hydrogen) atoms. The molecular formula is C21H37IN4O. The fourth-order valence-corrected chi connectivity index (χ4v) is 3.95. The zero-order chi connectivity index (χ0) is 18.8. The monoisotopic (exact) mass is 488 g/mol. The fourth-order valence-electron chi connectivity index (χ4n) is 3.95. The summed E-state index contributed by atoms with van der Waals surface area (Å²) in [7, 11) is 0. The molecule has 1 N–H and O–H groups in total. The van der Waals surface area contributed by atoms with E-state index >= 15 is 0 Å². The lowest BCUT2D eigenvalue weighted by Crippen LogP contribution is -2.49. The number of likely N-dealkylation sites (tertiary alicyclic amines) is 1. The molecule has 1 aliphatic heterocycles. The van der Waals surface area contributed by atoms with E-state index in [1.54, 1.807) is 16.7 Å². The van der Waals surface area contributed by atoms with Gasteiger partial charge in [0.2, 0.25) is 5.56 Å². The Morgan fingerprint density at radius 3 is 2.81 bits per heavy atom. The van der Waals surface area contributed by atoms with Crippen molar-refractivity contribution in [3.8, 4) is 0 Å². The van der Waals surface area contributed by atoms with Crippen LogP contribution in [-0.2, 0) is 6.54 Å². The first kappa shape index (κ1) is 24.0. The first-order valence-corrected chi connectivity index (χ1v) is 10.3. The third-order valence-electron chi connectivity index (χ3n) is 5.24. The van der Waals surface area contributed by atoms with Gasteiger partial charge >= 0.3 is 0 Å². The van der Waals surface area contributed by atoms with Gasteiger partial charge in [-0.05, 0) is 50.5 Å². The maximum absolute atomic E-state index is 11.7. The van der Waals surface area contributed by atoms with Crippen molar-refractivity contribution in [1.29, 1.82) is 0 Å². The number of aromatic nitrogens is 1. The molecule has 0 bridgehead atoms.